The van der Waals surface area contributed by atoms with Crippen LogP contribution in [-0.2, 0) is 33.3 Å². The number of esters is 3. The predicted octanol–water partition coefficient (Wildman–Crippen LogP) is 2.80. The molecule has 3 saturated carbocycles. The zero-order valence-corrected chi connectivity index (χ0v) is 27.7. The summed E-state index contributed by atoms with van der Waals surface area (Å²) in [6, 6.07) is 0. The van der Waals surface area contributed by atoms with Crippen LogP contribution in [0.1, 0.15) is 66.7 Å². The van der Waals surface area contributed by atoms with Gasteiger partial charge in [-0.15, -0.1) is 0 Å². The predicted molar refractivity (Wildman–Crippen MR) is 164 cm³/mol. The van der Waals surface area contributed by atoms with Crippen LogP contribution in [0.25, 0.3) is 0 Å². The van der Waals surface area contributed by atoms with Gasteiger partial charge in [-0.25, -0.2) is 0 Å². The van der Waals surface area contributed by atoms with Crippen molar-refractivity contribution in [3.8, 4) is 0 Å². The number of carbonyl (C=O) groups is 3. The molecule has 2 bridgehead atoms. The normalized spacial score (nSPS) is 53.9. The van der Waals surface area contributed by atoms with Gasteiger partial charge in [0.2, 0.25) is 0 Å². The molecule has 46 heavy (non-hydrogen) atoms. The van der Waals surface area contributed by atoms with Crippen molar-refractivity contribution in [1.82, 2.24) is 4.90 Å². The Hall–Kier alpha value is -2.27. The lowest BCUT2D eigenvalue weighted by molar-refractivity contribution is -0.165. The fourth-order valence-corrected chi connectivity index (χ4v) is 12.4. The first-order chi connectivity index (χ1) is 21.7. The second-order valence-electron chi connectivity index (χ2n) is 16.6. The van der Waals surface area contributed by atoms with Gasteiger partial charge >= 0.3 is 17.9 Å². The number of rotatable bonds is 3. The lowest BCUT2D eigenvalue weighted by atomic mass is 9.54. The highest BCUT2D eigenvalue weighted by atomic mass is 16.6. The first-order valence-electron chi connectivity index (χ1n) is 17.4. The summed E-state index contributed by atoms with van der Waals surface area (Å²) in [5, 5.41) is 24.4. The number of ether oxygens (including phenoxy) is 4. The zero-order chi connectivity index (χ0) is 32.6. The van der Waals surface area contributed by atoms with Crippen LogP contribution in [0.3, 0.4) is 0 Å². The lowest BCUT2D eigenvalue weighted by Gasteiger charge is -2.46. The van der Waals surface area contributed by atoms with Gasteiger partial charge in [-0.2, -0.15) is 0 Å². The smallest absolute Gasteiger partial charge is 0.313 e. The van der Waals surface area contributed by atoms with Crippen molar-refractivity contribution in [2.24, 2.45) is 51.8 Å². The zero-order valence-electron chi connectivity index (χ0n) is 27.7. The Kier molecular flexibility index (Phi) is 6.67. The van der Waals surface area contributed by atoms with Gasteiger partial charge in [0.1, 0.15) is 18.3 Å². The summed E-state index contributed by atoms with van der Waals surface area (Å²) in [4.78, 5) is 43.5. The Morgan fingerprint density at radius 2 is 1.83 bits per heavy atom. The summed E-state index contributed by atoms with van der Waals surface area (Å²) in [6.07, 6.45) is 6.75. The molecular weight excluding hydrogens is 590 g/mol. The van der Waals surface area contributed by atoms with E-state index in [1.54, 1.807) is 0 Å². The molecule has 10 heteroatoms. The SMILES string of the molecule is CC(=O)O[C@H]1C[C@@](C)(O)[C@@H]2CC=C(C)[C@@H]2[C@H]2OC(=O)[C@]3(C[C@@]45C=C[C@]3(C)[C@@H]4[C@H]3OC(=O)[C@@H](CN4CCOCC4)[C@@H]3CC[C@@]5(C)O)[C@H]21. The van der Waals surface area contributed by atoms with Crippen LogP contribution in [0.4, 0.5) is 0 Å². The maximum absolute atomic E-state index is 14.8. The van der Waals surface area contributed by atoms with Gasteiger partial charge in [0.25, 0.3) is 0 Å². The van der Waals surface area contributed by atoms with E-state index >= 15 is 0 Å². The first-order valence-corrected chi connectivity index (χ1v) is 17.4. The van der Waals surface area contributed by atoms with E-state index in [2.05, 4.69) is 30.1 Å². The molecule has 252 valence electrons. The van der Waals surface area contributed by atoms with Crippen molar-refractivity contribution in [1.29, 1.82) is 0 Å². The van der Waals surface area contributed by atoms with Crippen molar-refractivity contribution in [2.45, 2.75) is 96.2 Å². The Balaban J connectivity index is 1.26. The highest BCUT2D eigenvalue weighted by Gasteiger charge is 2.85. The topological polar surface area (TPSA) is 132 Å². The summed E-state index contributed by atoms with van der Waals surface area (Å²) in [5.74, 6) is -2.76. The Labute approximate surface area is 270 Å². The first kappa shape index (κ1) is 31.0. The molecule has 5 aliphatic carbocycles. The molecule has 6 fully saturated rings. The minimum atomic E-state index is -1.19. The third-order valence-electron chi connectivity index (χ3n) is 14.5. The molecule has 3 aliphatic heterocycles. The quantitative estimate of drug-likeness (QED) is 0.270. The van der Waals surface area contributed by atoms with Gasteiger partial charge in [-0.3, -0.25) is 19.3 Å². The second-order valence-corrected chi connectivity index (χ2v) is 16.6. The van der Waals surface area contributed by atoms with E-state index in [0.29, 0.717) is 45.4 Å². The van der Waals surface area contributed by atoms with E-state index < -0.39 is 57.6 Å². The highest BCUT2D eigenvalue weighted by molar-refractivity contribution is 5.84. The van der Waals surface area contributed by atoms with Gasteiger partial charge < -0.3 is 29.2 Å². The number of carbonyl (C=O) groups excluding carboxylic acids is 3. The average Bonchev–Trinajstić information content (AvgIpc) is 3.70. The maximum Gasteiger partial charge on any atom is 0.313 e. The van der Waals surface area contributed by atoms with E-state index in [0.717, 1.165) is 18.7 Å². The van der Waals surface area contributed by atoms with Crippen LogP contribution in [0.15, 0.2) is 23.8 Å². The average molecular weight is 640 g/mol. The Morgan fingerprint density at radius 3 is 2.54 bits per heavy atom. The van der Waals surface area contributed by atoms with Crippen LogP contribution in [0, 0.1) is 51.8 Å². The summed E-state index contributed by atoms with van der Waals surface area (Å²) >= 11 is 0. The number of hydrogen-bond acceptors (Lipinski definition) is 10. The minimum Gasteiger partial charge on any atom is -0.462 e. The molecule has 3 saturated heterocycles. The fourth-order valence-electron chi connectivity index (χ4n) is 12.4. The van der Waals surface area contributed by atoms with Gasteiger partial charge in [0, 0.05) is 67.5 Å². The molecule has 0 aromatic rings. The Bertz CT molecular complexity index is 1410. The van der Waals surface area contributed by atoms with E-state index in [4.69, 9.17) is 18.9 Å². The number of fused-ring (bicyclic) bond motifs is 6. The van der Waals surface area contributed by atoms with Gasteiger partial charge in [0.05, 0.1) is 41.7 Å². The molecule has 3 heterocycles. The monoisotopic (exact) mass is 639 g/mol. The van der Waals surface area contributed by atoms with Crippen molar-refractivity contribution < 1.29 is 43.5 Å². The molecule has 8 rings (SSSR count). The van der Waals surface area contributed by atoms with Crippen LogP contribution < -0.4 is 0 Å². The number of hydrogen-bond donors (Lipinski definition) is 2. The number of nitrogens with zero attached hydrogens (tertiary/aromatic N) is 1. The number of aliphatic hydroxyl groups is 2. The van der Waals surface area contributed by atoms with Gasteiger partial charge in [0.15, 0.2) is 0 Å². The lowest BCUT2D eigenvalue weighted by Crippen LogP contribution is -2.53. The molecule has 1 spiro atoms. The largest absolute Gasteiger partial charge is 0.462 e. The van der Waals surface area contributed by atoms with Crippen molar-refractivity contribution in [3.63, 3.8) is 0 Å². The standard InChI is InChI=1S/C36H49NO9/c1-19-6-7-23-25(19)28-26(24(44-20(2)38)16-33(23,4)41)36(31(40)46-28)18-35-11-10-32(36,3)29(35)27-21(8-9-34(35,5)42)22(30(39)45-27)17-37-12-14-43-15-13-37/h6,10-11,21-29,41-42H,7-9,12-18H2,1-5H3/t21-,22-,23+,24-,25-,26-,27-,28+,29-,32+,33+,34+,35-,36-/m0/s1. The Morgan fingerprint density at radius 1 is 1.09 bits per heavy atom. The van der Waals surface area contributed by atoms with Crippen LogP contribution >= 0.6 is 0 Å². The summed E-state index contributed by atoms with van der Waals surface area (Å²) in [5.41, 5.74) is -4.16. The summed E-state index contributed by atoms with van der Waals surface area (Å²) < 4.78 is 24.6. The van der Waals surface area contributed by atoms with E-state index in [-0.39, 0.29) is 47.9 Å². The van der Waals surface area contributed by atoms with E-state index in [9.17, 15) is 24.6 Å². The maximum atomic E-state index is 14.8. The number of morpholine rings is 1. The summed E-state index contributed by atoms with van der Waals surface area (Å²) in [7, 11) is 0. The third-order valence-corrected chi connectivity index (χ3v) is 14.5. The molecule has 8 aliphatic rings. The molecule has 14 atom stereocenters. The molecule has 0 unspecified atom stereocenters. The number of allylic oxidation sites excluding steroid dienone is 2. The van der Waals surface area contributed by atoms with Crippen LogP contribution in [-0.4, -0.2) is 95.4 Å². The van der Waals surface area contributed by atoms with Crippen LogP contribution in [0.2, 0.25) is 0 Å². The second kappa shape index (κ2) is 9.89. The van der Waals surface area contributed by atoms with Crippen molar-refractivity contribution in [2.75, 3.05) is 32.8 Å². The molecule has 0 radical (unpaired) electrons. The molecule has 0 aromatic carbocycles. The van der Waals surface area contributed by atoms with E-state index in [1.165, 1.54) is 6.92 Å². The van der Waals surface area contributed by atoms with Gasteiger partial charge in [-0.1, -0.05) is 30.7 Å². The molecular formula is C36H49NO9. The molecule has 0 aromatic heterocycles. The molecule has 0 amide bonds. The fraction of sp³-hybridized carbons (Fsp3) is 0.806. The van der Waals surface area contributed by atoms with E-state index in [1.807, 2.05) is 20.8 Å². The van der Waals surface area contributed by atoms with Crippen LogP contribution in [0.5, 0.6) is 0 Å². The van der Waals surface area contributed by atoms with Gasteiger partial charge in [-0.05, 0) is 46.5 Å². The molecule has 10 nitrogen and oxygen atoms in total. The highest BCUT2D eigenvalue weighted by Crippen LogP contribution is 2.80. The minimum absolute atomic E-state index is 0.111. The van der Waals surface area contributed by atoms with Crippen molar-refractivity contribution >= 4 is 17.9 Å². The molecule has 2 N–H and O–H groups in total. The van der Waals surface area contributed by atoms with Crippen molar-refractivity contribution in [3.05, 3.63) is 23.8 Å². The third kappa shape index (κ3) is 3.81. The summed E-state index contributed by atoms with van der Waals surface area (Å²) in [6.45, 7) is 12.6.